The molecule has 2 saturated heterocycles. The minimum Gasteiger partial charge on any atom is -0.343 e. The standard InChI is InChI=1S/C26H33N5O4/c1-17-23(32)27-20(15-18-9-4-2-5-10-18)24(33)28-21(16-19-11-6-3-7-12-19)26(35)31-14-8-13-22(31)25(34)30-29-17/h3-4,6-7,9-12,17,20-22,29H,2,5,8,13-16H2,1H3,(H,27,32)(H,28,33)(H,30,34)/t17-,20-,21-,22?/m0/s1. The molecule has 0 aromatic heterocycles. The molecule has 3 aliphatic rings. The number of hydrazine groups is 1. The zero-order valence-electron chi connectivity index (χ0n) is 20.0. The van der Waals surface area contributed by atoms with E-state index in [4.69, 9.17) is 0 Å². The molecular formula is C26H33N5O4. The van der Waals surface area contributed by atoms with Gasteiger partial charge in [0.2, 0.25) is 17.7 Å². The number of benzene rings is 1. The third-order valence-electron chi connectivity index (χ3n) is 6.69. The Morgan fingerprint density at radius 3 is 2.43 bits per heavy atom. The van der Waals surface area contributed by atoms with Crippen LogP contribution in [0.2, 0.25) is 0 Å². The lowest BCUT2D eigenvalue weighted by molar-refractivity contribution is -0.141. The molecule has 0 saturated carbocycles. The van der Waals surface area contributed by atoms with Crippen molar-refractivity contribution in [2.45, 2.75) is 69.6 Å². The van der Waals surface area contributed by atoms with Gasteiger partial charge >= 0.3 is 0 Å². The second kappa shape index (κ2) is 11.3. The van der Waals surface area contributed by atoms with Gasteiger partial charge in [-0.1, -0.05) is 48.6 Å². The van der Waals surface area contributed by atoms with Crippen LogP contribution >= 0.6 is 0 Å². The van der Waals surface area contributed by atoms with Crippen LogP contribution in [0.15, 0.2) is 54.1 Å². The van der Waals surface area contributed by atoms with Gasteiger partial charge in [-0.2, -0.15) is 0 Å². The van der Waals surface area contributed by atoms with Crippen LogP contribution in [0.3, 0.4) is 0 Å². The Labute approximate surface area is 205 Å². The Bertz CT molecular complexity index is 1020. The van der Waals surface area contributed by atoms with Crippen molar-refractivity contribution in [3.05, 3.63) is 59.7 Å². The Hall–Kier alpha value is -3.46. The van der Waals surface area contributed by atoms with E-state index in [1.165, 1.54) is 0 Å². The fraction of sp³-hybridized carbons (Fsp3) is 0.462. The van der Waals surface area contributed by atoms with Gasteiger partial charge in [0.25, 0.3) is 5.91 Å². The summed E-state index contributed by atoms with van der Waals surface area (Å²) in [5.74, 6) is -1.50. The molecule has 9 nitrogen and oxygen atoms in total. The zero-order chi connectivity index (χ0) is 24.8. The average Bonchev–Trinajstić information content (AvgIpc) is 3.36. The van der Waals surface area contributed by atoms with E-state index in [2.05, 4.69) is 27.6 Å². The molecule has 4 atom stereocenters. The first-order valence-corrected chi connectivity index (χ1v) is 12.3. The molecule has 9 heteroatoms. The first-order chi connectivity index (χ1) is 16.9. The van der Waals surface area contributed by atoms with Crippen LogP contribution < -0.4 is 21.5 Å². The van der Waals surface area contributed by atoms with Gasteiger partial charge in [0.15, 0.2) is 0 Å². The van der Waals surface area contributed by atoms with Gasteiger partial charge in [-0.3, -0.25) is 24.6 Å². The summed E-state index contributed by atoms with van der Waals surface area (Å²) < 4.78 is 0. The molecule has 35 heavy (non-hydrogen) atoms. The molecule has 4 rings (SSSR count). The van der Waals surface area contributed by atoms with Crippen LogP contribution in [0, 0.1) is 0 Å². The quantitative estimate of drug-likeness (QED) is 0.511. The predicted molar refractivity (Wildman–Crippen MR) is 131 cm³/mol. The third kappa shape index (κ3) is 6.16. The molecule has 0 bridgehead atoms. The van der Waals surface area contributed by atoms with Crippen molar-refractivity contribution >= 4 is 23.6 Å². The number of hydrogen-bond acceptors (Lipinski definition) is 5. The van der Waals surface area contributed by atoms with Crippen LogP contribution in [0.1, 0.15) is 44.6 Å². The number of allylic oxidation sites excluding steroid dienone is 3. The number of nitrogens with zero attached hydrogens (tertiary/aromatic N) is 1. The minimum atomic E-state index is -0.863. The molecule has 4 amide bonds. The second-order valence-electron chi connectivity index (χ2n) is 9.32. The van der Waals surface area contributed by atoms with Gasteiger partial charge in [0.05, 0.1) is 0 Å². The van der Waals surface area contributed by atoms with Crippen molar-refractivity contribution in [2.75, 3.05) is 6.54 Å². The lowest BCUT2D eigenvalue weighted by atomic mass is 9.98. The number of hydrogen-bond donors (Lipinski definition) is 4. The highest BCUT2D eigenvalue weighted by atomic mass is 16.2. The first-order valence-electron chi connectivity index (χ1n) is 12.3. The monoisotopic (exact) mass is 479 g/mol. The normalized spacial score (nSPS) is 28.0. The van der Waals surface area contributed by atoms with Crippen LogP contribution in [-0.2, 0) is 25.6 Å². The summed E-state index contributed by atoms with van der Waals surface area (Å²) in [6.07, 6.45) is 9.70. The average molecular weight is 480 g/mol. The van der Waals surface area contributed by atoms with E-state index in [-0.39, 0.29) is 18.2 Å². The van der Waals surface area contributed by atoms with Crippen molar-refractivity contribution in [2.24, 2.45) is 0 Å². The number of fused-ring (bicyclic) bond motifs is 1. The SMILES string of the molecule is C[C@@H]1NNC(=O)C2CCCN2C(=O)[C@H](Cc2ccccc2)NC(=O)[C@H](CC2=CCCC=C2)NC1=O. The van der Waals surface area contributed by atoms with Crippen LogP contribution in [0.25, 0.3) is 0 Å². The van der Waals surface area contributed by atoms with E-state index in [9.17, 15) is 19.2 Å². The fourth-order valence-electron chi connectivity index (χ4n) is 4.71. The van der Waals surface area contributed by atoms with Gasteiger partial charge < -0.3 is 15.5 Å². The summed E-state index contributed by atoms with van der Waals surface area (Å²) >= 11 is 0. The van der Waals surface area contributed by atoms with E-state index in [0.717, 1.165) is 24.0 Å². The Balaban J connectivity index is 1.64. The molecule has 1 aromatic carbocycles. The van der Waals surface area contributed by atoms with E-state index >= 15 is 0 Å². The molecule has 2 fully saturated rings. The van der Waals surface area contributed by atoms with Gasteiger partial charge in [0, 0.05) is 19.4 Å². The van der Waals surface area contributed by atoms with Crippen molar-refractivity contribution < 1.29 is 19.2 Å². The van der Waals surface area contributed by atoms with Gasteiger partial charge in [0.1, 0.15) is 24.2 Å². The highest BCUT2D eigenvalue weighted by molar-refractivity contribution is 5.96. The smallest absolute Gasteiger partial charge is 0.256 e. The number of carbonyl (C=O) groups excluding carboxylic acids is 4. The molecule has 2 heterocycles. The zero-order valence-corrected chi connectivity index (χ0v) is 20.0. The maximum absolute atomic E-state index is 13.7. The van der Waals surface area contributed by atoms with E-state index in [0.29, 0.717) is 25.8 Å². The maximum atomic E-state index is 13.7. The molecule has 1 unspecified atom stereocenters. The lowest BCUT2D eigenvalue weighted by Crippen LogP contribution is -2.56. The summed E-state index contributed by atoms with van der Waals surface area (Å²) in [7, 11) is 0. The highest BCUT2D eigenvalue weighted by Crippen LogP contribution is 2.21. The van der Waals surface area contributed by atoms with E-state index in [1.807, 2.05) is 42.5 Å². The van der Waals surface area contributed by atoms with E-state index in [1.54, 1.807) is 11.8 Å². The molecule has 0 spiro atoms. The number of amides is 4. The van der Waals surface area contributed by atoms with Crippen LogP contribution in [0.4, 0.5) is 0 Å². The summed E-state index contributed by atoms with van der Waals surface area (Å²) in [4.78, 5) is 54.4. The topological polar surface area (TPSA) is 120 Å². The second-order valence-corrected chi connectivity index (χ2v) is 9.32. The number of rotatable bonds is 4. The molecular weight excluding hydrogens is 446 g/mol. The van der Waals surface area contributed by atoms with E-state index < -0.39 is 36.0 Å². The number of nitrogens with one attached hydrogen (secondary N) is 4. The Kier molecular flexibility index (Phi) is 7.97. The summed E-state index contributed by atoms with van der Waals surface area (Å²) in [6, 6.07) is 6.30. The van der Waals surface area contributed by atoms with Crippen LogP contribution in [-0.4, -0.2) is 59.2 Å². The third-order valence-corrected chi connectivity index (χ3v) is 6.69. The molecule has 1 aliphatic carbocycles. The van der Waals surface area contributed by atoms with Gasteiger partial charge in [-0.05, 0) is 43.7 Å². The largest absolute Gasteiger partial charge is 0.343 e. The summed E-state index contributed by atoms with van der Waals surface area (Å²) in [5, 5.41) is 5.71. The molecule has 1 aromatic rings. The van der Waals surface area contributed by atoms with Crippen molar-refractivity contribution in [1.82, 2.24) is 26.4 Å². The van der Waals surface area contributed by atoms with Gasteiger partial charge in [-0.15, -0.1) is 0 Å². The first kappa shape index (κ1) is 24.7. The van der Waals surface area contributed by atoms with Crippen molar-refractivity contribution in [3.63, 3.8) is 0 Å². The fourth-order valence-corrected chi connectivity index (χ4v) is 4.71. The molecule has 0 radical (unpaired) electrons. The molecule has 186 valence electrons. The highest BCUT2D eigenvalue weighted by Gasteiger charge is 2.39. The minimum absolute atomic E-state index is 0.286. The Morgan fingerprint density at radius 2 is 1.69 bits per heavy atom. The number of carbonyl (C=O) groups is 4. The summed E-state index contributed by atoms with van der Waals surface area (Å²) in [5.41, 5.74) is 7.17. The van der Waals surface area contributed by atoms with Crippen molar-refractivity contribution in [1.29, 1.82) is 0 Å². The lowest BCUT2D eigenvalue weighted by Gasteiger charge is -2.29. The predicted octanol–water partition coefficient (Wildman–Crippen LogP) is 0.879. The Morgan fingerprint density at radius 1 is 0.914 bits per heavy atom. The van der Waals surface area contributed by atoms with Crippen LogP contribution in [0.5, 0.6) is 0 Å². The molecule has 4 N–H and O–H groups in total. The van der Waals surface area contributed by atoms with Gasteiger partial charge in [-0.25, -0.2) is 5.43 Å². The molecule has 2 aliphatic heterocycles. The maximum Gasteiger partial charge on any atom is 0.256 e. The van der Waals surface area contributed by atoms with Crippen molar-refractivity contribution in [3.8, 4) is 0 Å². The summed E-state index contributed by atoms with van der Waals surface area (Å²) in [6.45, 7) is 2.05.